The Morgan fingerprint density at radius 2 is 2.00 bits per heavy atom. The molecule has 0 spiro atoms. The second-order valence-electron chi connectivity index (χ2n) is 4.47. The Bertz CT molecular complexity index is 643. The van der Waals surface area contributed by atoms with E-state index in [2.05, 4.69) is 5.32 Å². The van der Waals surface area contributed by atoms with Crippen molar-refractivity contribution in [2.45, 2.75) is 13.2 Å². The van der Waals surface area contributed by atoms with Crippen LogP contribution in [0, 0.1) is 10.1 Å². The number of nitrogens with zero attached hydrogens (tertiary/aromatic N) is 1. The van der Waals surface area contributed by atoms with Gasteiger partial charge in [0.2, 0.25) is 0 Å². The molecule has 0 aliphatic heterocycles. The first-order chi connectivity index (χ1) is 10.1. The summed E-state index contributed by atoms with van der Waals surface area (Å²) in [4.78, 5) is 10.6. The van der Waals surface area contributed by atoms with E-state index in [4.69, 9.17) is 9.84 Å². The van der Waals surface area contributed by atoms with Crippen molar-refractivity contribution < 1.29 is 14.8 Å². The zero-order valence-corrected chi connectivity index (χ0v) is 11.6. The van der Waals surface area contributed by atoms with Gasteiger partial charge in [-0.1, -0.05) is 24.3 Å². The van der Waals surface area contributed by atoms with Crippen LogP contribution in [0.25, 0.3) is 0 Å². The fourth-order valence-corrected chi connectivity index (χ4v) is 1.97. The van der Waals surface area contributed by atoms with Crippen LogP contribution in [0.3, 0.4) is 0 Å². The lowest BCUT2D eigenvalue weighted by molar-refractivity contribution is -0.384. The van der Waals surface area contributed by atoms with E-state index in [0.29, 0.717) is 18.0 Å². The SMILES string of the molecule is COc1ccc(NCc2cccc(CO)c2)c([N+](=O)[O-])c1. The molecule has 6 heteroatoms. The zero-order valence-electron chi connectivity index (χ0n) is 11.6. The molecule has 0 bridgehead atoms. The van der Waals surface area contributed by atoms with Crippen molar-refractivity contribution in [3.63, 3.8) is 0 Å². The number of benzene rings is 2. The molecule has 110 valence electrons. The molecule has 0 aromatic heterocycles. The Labute approximate surface area is 122 Å². The standard InChI is InChI=1S/C15H16N2O4/c1-21-13-5-6-14(15(8-13)17(19)20)16-9-11-3-2-4-12(7-11)10-18/h2-8,16,18H,9-10H2,1H3. The summed E-state index contributed by atoms with van der Waals surface area (Å²) in [6, 6.07) is 12.1. The normalized spacial score (nSPS) is 10.2. The average molecular weight is 288 g/mol. The summed E-state index contributed by atoms with van der Waals surface area (Å²) in [6.45, 7) is 0.400. The van der Waals surface area contributed by atoms with Crippen LogP contribution in [-0.2, 0) is 13.2 Å². The second-order valence-corrected chi connectivity index (χ2v) is 4.47. The second kappa shape index (κ2) is 6.71. The average Bonchev–Trinajstić information content (AvgIpc) is 2.52. The summed E-state index contributed by atoms with van der Waals surface area (Å²) in [6.07, 6.45) is 0. The van der Waals surface area contributed by atoms with Crippen LogP contribution in [-0.4, -0.2) is 17.1 Å². The van der Waals surface area contributed by atoms with Gasteiger partial charge in [0.15, 0.2) is 0 Å². The number of rotatable bonds is 6. The van der Waals surface area contributed by atoms with Crippen molar-refractivity contribution in [2.75, 3.05) is 12.4 Å². The molecule has 0 aliphatic carbocycles. The largest absolute Gasteiger partial charge is 0.496 e. The van der Waals surface area contributed by atoms with Crippen LogP contribution in [0.15, 0.2) is 42.5 Å². The van der Waals surface area contributed by atoms with Gasteiger partial charge in [0.1, 0.15) is 11.4 Å². The molecular weight excluding hydrogens is 272 g/mol. The van der Waals surface area contributed by atoms with Gasteiger partial charge < -0.3 is 15.2 Å². The number of methoxy groups -OCH3 is 1. The van der Waals surface area contributed by atoms with E-state index in [1.807, 2.05) is 24.3 Å². The number of anilines is 1. The smallest absolute Gasteiger partial charge is 0.296 e. The Balaban J connectivity index is 2.17. The van der Waals surface area contributed by atoms with E-state index in [1.165, 1.54) is 13.2 Å². The van der Waals surface area contributed by atoms with Gasteiger partial charge >= 0.3 is 0 Å². The molecule has 0 saturated heterocycles. The molecule has 0 amide bonds. The third kappa shape index (κ3) is 3.70. The molecule has 2 rings (SSSR count). The predicted molar refractivity (Wildman–Crippen MR) is 79.3 cm³/mol. The first-order valence-corrected chi connectivity index (χ1v) is 6.39. The number of aliphatic hydroxyl groups is 1. The summed E-state index contributed by atoms with van der Waals surface area (Å²) in [5.74, 6) is 0.439. The first-order valence-electron chi connectivity index (χ1n) is 6.39. The molecular formula is C15H16N2O4. The third-order valence-corrected chi connectivity index (χ3v) is 3.06. The first kappa shape index (κ1) is 14.8. The quantitative estimate of drug-likeness (QED) is 0.630. The Morgan fingerprint density at radius 1 is 1.24 bits per heavy atom. The van der Waals surface area contributed by atoms with Gasteiger partial charge in [-0.05, 0) is 23.3 Å². The molecule has 0 aliphatic rings. The van der Waals surface area contributed by atoms with E-state index in [0.717, 1.165) is 11.1 Å². The van der Waals surface area contributed by atoms with Gasteiger partial charge in [0.05, 0.1) is 24.7 Å². The molecule has 0 saturated carbocycles. The van der Waals surface area contributed by atoms with Crippen molar-refractivity contribution in [3.05, 3.63) is 63.7 Å². The minimum atomic E-state index is -0.449. The van der Waals surface area contributed by atoms with Gasteiger partial charge in [-0.2, -0.15) is 0 Å². The van der Waals surface area contributed by atoms with Gasteiger partial charge in [-0.25, -0.2) is 0 Å². The van der Waals surface area contributed by atoms with E-state index in [9.17, 15) is 10.1 Å². The molecule has 0 heterocycles. The number of hydrogen-bond donors (Lipinski definition) is 2. The molecule has 2 aromatic rings. The van der Waals surface area contributed by atoms with Crippen molar-refractivity contribution in [1.29, 1.82) is 0 Å². The van der Waals surface area contributed by atoms with Gasteiger partial charge in [-0.15, -0.1) is 0 Å². The monoisotopic (exact) mass is 288 g/mol. The van der Waals surface area contributed by atoms with Gasteiger partial charge in [0, 0.05) is 6.54 Å². The lowest BCUT2D eigenvalue weighted by Crippen LogP contribution is -2.03. The highest BCUT2D eigenvalue weighted by molar-refractivity contribution is 5.64. The molecule has 0 atom stereocenters. The molecule has 0 radical (unpaired) electrons. The van der Waals surface area contributed by atoms with E-state index < -0.39 is 4.92 Å². The van der Waals surface area contributed by atoms with Crippen LogP contribution in [0.5, 0.6) is 5.75 Å². The third-order valence-electron chi connectivity index (χ3n) is 3.06. The van der Waals surface area contributed by atoms with E-state index in [-0.39, 0.29) is 12.3 Å². The van der Waals surface area contributed by atoms with Crippen LogP contribution >= 0.6 is 0 Å². The maximum Gasteiger partial charge on any atom is 0.296 e. The van der Waals surface area contributed by atoms with Crippen molar-refractivity contribution in [1.82, 2.24) is 0 Å². The molecule has 2 N–H and O–H groups in total. The summed E-state index contributed by atoms with van der Waals surface area (Å²) in [7, 11) is 1.46. The fourth-order valence-electron chi connectivity index (χ4n) is 1.97. The Hall–Kier alpha value is -2.60. The number of nitro benzene ring substituents is 1. The molecule has 21 heavy (non-hydrogen) atoms. The van der Waals surface area contributed by atoms with Crippen molar-refractivity contribution >= 4 is 11.4 Å². The maximum absolute atomic E-state index is 11.1. The zero-order chi connectivity index (χ0) is 15.2. The minimum Gasteiger partial charge on any atom is -0.496 e. The number of nitrogens with one attached hydrogen (secondary N) is 1. The van der Waals surface area contributed by atoms with Crippen molar-refractivity contribution in [2.24, 2.45) is 0 Å². The summed E-state index contributed by atoms with van der Waals surface area (Å²) in [5, 5.41) is 23.2. The highest BCUT2D eigenvalue weighted by Crippen LogP contribution is 2.29. The predicted octanol–water partition coefficient (Wildman–Crippen LogP) is 2.71. The van der Waals surface area contributed by atoms with Crippen LogP contribution in [0.2, 0.25) is 0 Å². The lowest BCUT2D eigenvalue weighted by atomic mass is 10.1. The number of hydrogen-bond acceptors (Lipinski definition) is 5. The Morgan fingerprint density at radius 3 is 2.67 bits per heavy atom. The number of ether oxygens (including phenoxy) is 1. The lowest BCUT2D eigenvalue weighted by Gasteiger charge is -2.09. The topological polar surface area (TPSA) is 84.6 Å². The fraction of sp³-hybridized carbons (Fsp3) is 0.200. The minimum absolute atomic E-state index is 0.0312. The summed E-state index contributed by atoms with van der Waals surface area (Å²) < 4.78 is 4.99. The summed E-state index contributed by atoms with van der Waals surface area (Å²) >= 11 is 0. The molecule has 0 unspecified atom stereocenters. The highest BCUT2D eigenvalue weighted by Gasteiger charge is 2.14. The maximum atomic E-state index is 11.1. The molecule has 6 nitrogen and oxygen atoms in total. The van der Waals surface area contributed by atoms with Crippen LogP contribution in [0.1, 0.15) is 11.1 Å². The van der Waals surface area contributed by atoms with Crippen LogP contribution < -0.4 is 10.1 Å². The number of aliphatic hydroxyl groups excluding tert-OH is 1. The van der Waals surface area contributed by atoms with Gasteiger partial charge in [-0.3, -0.25) is 10.1 Å². The number of nitro groups is 1. The molecule has 0 fully saturated rings. The van der Waals surface area contributed by atoms with Crippen LogP contribution in [0.4, 0.5) is 11.4 Å². The van der Waals surface area contributed by atoms with E-state index >= 15 is 0 Å². The molecule has 2 aromatic carbocycles. The Kier molecular flexibility index (Phi) is 4.73. The van der Waals surface area contributed by atoms with Gasteiger partial charge in [0.25, 0.3) is 5.69 Å². The van der Waals surface area contributed by atoms with Crippen molar-refractivity contribution in [3.8, 4) is 5.75 Å². The van der Waals surface area contributed by atoms with E-state index in [1.54, 1.807) is 12.1 Å². The summed E-state index contributed by atoms with van der Waals surface area (Å²) in [5.41, 5.74) is 2.13. The highest BCUT2D eigenvalue weighted by atomic mass is 16.6.